The maximum Gasteiger partial charge on any atom is 0.317 e. The van der Waals surface area contributed by atoms with Crippen LogP contribution in [0.4, 0.5) is 4.79 Å². The minimum atomic E-state index is -0.871. The lowest BCUT2D eigenvalue weighted by atomic mass is 10.1. The molecular weight excluding hydrogens is 256 g/mol. The van der Waals surface area contributed by atoms with E-state index in [1.54, 1.807) is 4.90 Å². The fourth-order valence-electron chi connectivity index (χ4n) is 1.96. The van der Waals surface area contributed by atoms with Gasteiger partial charge < -0.3 is 15.3 Å². The minimum Gasteiger partial charge on any atom is -0.481 e. The Balaban J connectivity index is 2.23. The number of nitrogens with zero attached hydrogens (tertiary/aromatic N) is 1. The van der Waals surface area contributed by atoms with Crippen molar-refractivity contribution in [2.75, 3.05) is 31.1 Å². The molecule has 0 bridgehead atoms. The van der Waals surface area contributed by atoms with Crippen molar-refractivity contribution in [1.82, 2.24) is 10.2 Å². The Hall–Kier alpha value is -1.11. The van der Waals surface area contributed by atoms with Crippen molar-refractivity contribution in [3.05, 3.63) is 0 Å². The van der Waals surface area contributed by atoms with Crippen molar-refractivity contribution in [3.63, 3.8) is 0 Å². The molecule has 0 aromatic rings. The molecule has 0 aromatic heterocycles. The van der Waals surface area contributed by atoms with Crippen LogP contribution in [0.5, 0.6) is 0 Å². The summed E-state index contributed by atoms with van der Waals surface area (Å²) in [6.45, 7) is 3.34. The number of nitrogens with one attached hydrogen (secondary N) is 1. The average molecular weight is 276 g/mol. The molecule has 2 unspecified atom stereocenters. The molecule has 0 spiro atoms. The molecule has 1 saturated heterocycles. The van der Waals surface area contributed by atoms with Crippen molar-refractivity contribution < 1.29 is 18.9 Å². The van der Waals surface area contributed by atoms with Crippen LogP contribution in [-0.2, 0) is 15.6 Å². The first-order chi connectivity index (χ1) is 8.52. The summed E-state index contributed by atoms with van der Waals surface area (Å²) in [6.07, 6.45) is 0.851. The fourth-order valence-corrected chi connectivity index (χ4v) is 2.58. The smallest absolute Gasteiger partial charge is 0.317 e. The van der Waals surface area contributed by atoms with Crippen LogP contribution in [0.2, 0.25) is 0 Å². The number of amides is 2. The first-order valence-electron chi connectivity index (χ1n) is 6.12. The van der Waals surface area contributed by atoms with E-state index in [4.69, 9.17) is 5.11 Å². The Morgan fingerprint density at radius 1 is 1.50 bits per heavy atom. The van der Waals surface area contributed by atoms with Crippen molar-refractivity contribution >= 4 is 22.8 Å². The number of carbonyl (C=O) groups is 2. The highest BCUT2D eigenvalue weighted by Crippen LogP contribution is 2.19. The number of hydrogen-bond donors (Lipinski definition) is 2. The first kappa shape index (κ1) is 14.9. The molecule has 2 amide bonds. The van der Waals surface area contributed by atoms with E-state index in [0.29, 0.717) is 31.1 Å². The summed E-state index contributed by atoms with van der Waals surface area (Å²) in [5.74, 6) is 0.299. The van der Waals surface area contributed by atoms with Crippen molar-refractivity contribution in [2.24, 2.45) is 5.92 Å². The third kappa shape index (κ3) is 5.03. The molecule has 1 fully saturated rings. The molecular formula is C11H20N2O4S. The van der Waals surface area contributed by atoms with Gasteiger partial charge in [-0.1, -0.05) is 6.92 Å². The highest BCUT2D eigenvalue weighted by Gasteiger charge is 2.27. The fraction of sp³-hybridized carbons (Fsp3) is 0.818. The molecule has 7 heteroatoms. The number of urea groups is 1. The predicted molar refractivity (Wildman–Crippen MR) is 68.9 cm³/mol. The van der Waals surface area contributed by atoms with Crippen LogP contribution in [-0.4, -0.2) is 57.4 Å². The third-order valence-corrected chi connectivity index (χ3v) is 4.27. The summed E-state index contributed by atoms with van der Waals surface area (Å²) >= 11 is 0. The lowest BCUT2D eigenvalue weighted by Gasteiger charge is -2.16. The van der Waals surface area contributed by atoms with Crippen molar-refractivity contribution in [3.8, 4) is 0 Å². The molecule has 104 valence electrons. The number of carboxylic acids is 1. The molecule has 0 aliphatic carbocycles. The number of aliphatic carboxylic acids is 1. The van der Waals surface area contributed by atoms with Gasteiger partial charge in [0.25, 0.3) is 0 Å². The molecule has 2 N–H and O–H groups in total. The maximum atomic E-state index is 11.7. The third-order valence-electron chi connectivity index (χ3n) is 2.96. The Kier molecular flexibility index (Phi) is 6.11. The summed E-state index contributed by atoms with van der Waals surface area (Å²) in [4.78, 5) is 23.9. The second kappa shape index (κ2) is 7.35. The molecule has 0 saturated carbocycles. The van der Waals surface area contributed by atoms with Gasteiger partial charge >= 0.3 is 12.0 Å². The van der Waals surface area contributed by atoms with Gasteiger partial charge in [0.2, 0.25) is 0 Å². The van der Waals surface area contributed by atoms with Gasteiger partial charge in [-0.3, -0.25) is 9.00 Å². The quantitative estimate of drug-likeness (QED) is 0.728. The highest BCUT2D eigenvalue weighted by atomic mass is 32.2. The van der Waals surface area contributed by atoms with E-state index in [1.807, 2.05) is 6.92 Å². The van der Waals surface area contributed by atoms with E-state index in [0.717, 1.165) is 6.42 Å². The highest BCUT2D eigenvalue weighted by molar-refractivity contribution is 7.84. The zero-order valence-corrected chi connectivity index (χ0v) is 11.4. The summed E-state index contributed by atoms with van der Waals surface area (Å²) in [7, 11) is -0.871. The van der Waals surface area contributed by atoms with E-state index < -0.39 is 16.8 Å². The zero-order valence-electron chi connectivity index (χ0n) is 10.6. The molecule has 18 heavy (non-hydrogen) atoms. The Morgan fingerprint density at radius 2 is 2.22 bits per heavy atom. The van der Waals surface area contributed by atoms with Crippen LogP contribution >= 0.6 is 0 Å². The molecule has 0 radical (unpaired) electrons. The monoisotopic (exact) mass is 276 g/mol. The van der Waals surface area contributed by atoms with Gasteiger partial charge in [-0.15, -0.1) is 0 Å². The normalized spacial score (nSPS) is 20.7. The zero-order chi connectivity index (χ0) is 13.5. The lowest BCUT2D eigenvalue weighted by Crippen LogP contribution is -2.40. The topological polar surface area (TPSA) is 86.7 Å². The largest absolute Gasteiger partial charge is 0.481 e. The molecule has 1 rings (SSSR count). The van der Waals surface area contributed by atoms with Crippen LogP contribution < -0.4 is 5.32 Å². The van der Waals surface area contributed by atoms with Crippen LogP contribution in [0.3, 0.4) is 0 Å². The first-order valence-corrected chi connectivity index (χ1v) is 7.61. The van der Waals surface area contributed by atoms with Gasteiger partial charge in [0.1, 0.15) is 0 Å². The molecule has 6 nitrogen and oxygen atoms in total. The van der Waals surface area contributed by atoms with Crippen LogP contribution in [0.25, 0.3) is 0 Å². The standard InChI is InChI=1S/C11H20N2O4S/c1-2-18(17)6-4-12-11(16)13-5-3-9(8-13)7-10(14)15/h9H,2-8H2,1H3,(H,12,16)(H,14,15). The number of likely N-dealkylation sites (tertiary alicyclic amines) is 1. The van der Waals surface area contributed by atoms with Gasteiger partial charge in [0, 0.05) is 48.4 Å². The number of rotatable bonds is 6. The van der Waals surface area contributed by atoms with E-state index in [-0.39, 0.29) is 18.4 Å². The van der Waals surface area contributed by atoms with Crippen LogP contribution in [0.15, 0.2) is 0 Å². The minimum absolute atomic E-state index is 0.0537. The van der Waals surface area contributed by atoms with E-state index in [9.17, 15) is 13.8 Å². The molecule has 0 aromatic carbocycles. The molecule has 1 aliphatic heterocycles. The van der Waals surface area contributed by atoms with Crippen molar-refractivity contribution in [2.45, 2.75) is 19.8 Å². The second-order valence-electron chi connectivity index (χ2n) is 4.36. The van der Waals surface area contributed by atoms with Gasteiger partial charge in [0.15, 0.2) is 0 Å². The molecule has 1 heterocycles. The predicted octanol–water partition coefficient (Wildman–Crippen LogP) is 0.261. The number of carboxylic acid groups (broad SMARTS) is 1. The van der Waals surface area contributed by atoms with Crippen LogP contribution in [0, 0.1) is 5.92 Å². The second-order valence-corrected chi connectivity index (χ2v) is 6.23. The summed E-state index contributed by atoms with van der Waals surface area (Å²) in [5, 5.41) is 11.4. The SMILES string of the molecule is CCS(=O)CCNC(=O)N1CCC(CC(=O)O)C1. The van der Waals surface area contributed by atoms with Crippen LogP contribution in [0.1, 0.15) is 19.8 Å². The van der Waals surface area contributed by atoms with Gasteiger partial charge in [0.05, 0.1) is 0 Å². The number of hydrogen-bond acceptors (Lipinski definition) is 3. The maximum absolute atomic E-state index is 11.7. The number of carbonyl (C=O) groups excluding carboxylic acids is 1. The van der Waals surface area contributed by atoms with E-state index >= 15 is 0 Å². The van der Waals surface area contributed by atoms with E-state index in [1.165, 1.54) is 0 Å². The summed E-state index contributed by atoms with van der Waals surface area (Å²) < 4.78 is 11.2. The summed E-state index contributed by atoms with van der Waals surface area (Å²) in [6, 6.07) is -0.184. The molecule has 2 atom stereocenters. The van der Waals surface area contributed by atoms with Gasteiger partial charge in [-0.05, 0) is 12.3 Å². The summed E-state index contributed by atoms with van der Waals surface area (Å²) in [5.41, 5.74) is 0. The van der Waals surface area contributed by atoms with Gasteiger partial charge in [-0.2, -0.15) is 0 Å². The Labute approximate surface area is 109 Å². The van der Waals surface area contributed by atoms with Crippen molar-refractivity contribution in [1.29, 1.82) is 0 Å². The lowest BCUT2D eigenvalue weighted by molar-refractivity contribution is -0.138. The Bertz CT molecular complexity index is 335. The average Bonchev–Trinajstić information content (AvgIpc) is 2.76. The Morgan fingerprint density at radius 3 is 2.83 bits per heavy atom. The van der Waals surface area contributed by atoms with E-state index in [2.05, 4.69) is 5.32 Å². The van der Waals surface area contributed by atoms with Gasteiger partial charge in [-0.25, -0.2) is 4.79 Å². The molecule has 1 aliphatic rings.